The molecule has 0 fully saturated rings. The minimum absolute atomic E-state index is 0.00419. The van der Waals surface area contributed by atoms with Gasteiger partial charge in [0.25, 0.3) is 0 Å². The lowest BCUT2D eigenvalue weighted by Gasteiger charge is -2.23. The highest BCUT2D eigenvalue weighted by atomic mass is 16.5. The number of benzene rings is 1. The van der Waals surface area contributed by atoms with Crippen LogP contribution in [0.3, 0.4) is 0 Å². The molecule has 0 aliphatic rings. The van der Waals surface area contributed by atoms with Crippen molar-refractivity contribution in [3.8, 4) is 6.07 Å². The number of primary amides is 1. The molecule has 5 N–H and O–H groups in total. The first kappa shape index (κ1) is 20.9. The molecule has 1 rings (SSSR count). The number of nitrogens with zero attached hydrogens (tertiary/aromatic N) is 1. The highest BCUT2D eigenvalue weighted by Crippen LogP contribution is 2.07. The van der Waals surface area contributed by atoms with Crippen LogP contribution in [0.1, 0.15) is 18.9 Å². The molecule has 1 aromatic rings. The smallest absolute Gasteiger partial charge is 0.408 e. The maximum Gasteiger partial charge on any atom is 0.408 e. The van der Waals surface area contributed by atoms with Crippen LogP contribution < -0.4 is 16.4 Å². The highest BCUT2D eigenvalue weighted by molar-refractivity contribution is 5.90. The van der Waals surface area contributed by atoms with Crippen LogP contribution in [0.4, 0.5) is 4.79 Å². The Balaban J connectivity index is 2.60. The van der Waals surface area contributed by atoms with E-state index in [0.29, 0.717) is 0 Å². The molecule has 0 aliphatic carbocycles. The maximum absolute atomic E-state index is 12.2. The van der Waals surface area contributed by atoms with E-state index >= 15 is 0 Å². The lowest BCUT2D eigenvalue weighted by molar-refractivity contribution is -0.130. The average molecular weight is 362 g/mol. The van der Waals surface area contributed by atoms with Crippen LogP contribution >= 0.6 is 0 Å². The summed E-state index contributed by atoms with van der Waals surface area (Å²) in [6.07, 6.45) is -0.895. The molecular weight excluding hydrogens is 340 g/mol. The molecule has 0 unspecified atom stereocenters. The van der Waals surface area contributed by atoms with Crippen LogP contribution in [-0.4, -0.2) is 41.7 Å². The fourth-order valence-corrected chi connectivity index (χ4v) is 2.11. The van der Waals surface area contributed by atoms with Crippen molar-refractivity contribution >= 4 is 17.9 Å². The van der Waals surface area contributed by atoms with E-state index in [2.05, 4.69) is 10.6 Å². The van der Waals surface area contributed by atoms with Crippen molar-refractivity contribution in [1.82, 2.24) is 10.6 Å². The second-order valence-corrected chi connectivity index (χ2v) is 5.67. The first-order valence-electron chi connectivity index (χ1n) is 7.93. The number of hydrogen-bond donors (Lipinski definition) is 4. The quantitative estimate of drug-likeness (QED) is 0.476. The Morgan fingerprint density at radius 1 is 1.27 bits per heavy atom. The molecule has 3 amide bonds. The van der Waals surface area contributed by atoms with Gasteiger partial charge in [-0.2, -0.15) is 5.26 Å². The van der Waals surface area contributed by atoms with Crippen LogP contribution in [0.2, 0.25) is 0 Å². The van der Waals surface area contributed by atoms with E-state index in [0.717, 1.165) is 5.56 Å². The Labute approximate surface area is 151 Å². The van der Waals surface area contributed by atoms with Gasteiger partial charge in [-0.25, -0.2) is 4.79 Å². The Bertz CT molecular complexity index is 659. The Morgan fingerprint density at radius 2 is 1.92 bits per heavy atom. The first-order chi connectivity index (χ1) is 12.4. The number of alkyl carbamates (subject to hydrolysis) is 1. The van der Waals surface area contributed by atoms with Gasteiger partial charge in [-0.1, -0.05) is 37.3 Å². The third-order valence-corrected chi connectivity index (χ3v) is 3.59. The van der Waals surface area contributed by atoms with E-state index in [1.54, 1.807) is 31.2 Å². The fourth-order valence-electron chi connectivity index (χ4n) is 2.11. The zero-order chi connectivity index (χ0) is 19.5. The summed E-state index contributed by atoms with van der Waals surface area (Å²) in [6.45, 7) is 0.869. The minimum Gasteiger partial charge on any atom is -0.445 e. The maximum atomic E-state index is 12.2. The van der Waals surface area contributed by atoms with Crippen LogP contribution in [-0.2, 0) is 20.9 Å². The van der Waals surface area contributed by atoms with Crippen molar-refractivity contribution in [1.29, 1.82) is 5.26 Å². The van der Waals surface area contributed by atoms with E-state index in [9.17, 15) is 19.5 Å². The van der Waals surface area contributed by atoms with Gasteiger partial charge in [0.1, 0.15) is 18.7 Å². The molecule has 9 nitrogen and oxygen atoms in total. The van der Waals surface area contributed by atoms with Crippen LogP contribution in [0, 0.1) is 17.2 Å². The number of carbonyl (C=O) groups excluding carboxylic acids is 3. The molecule has 0 bridgehead atoms. The van der Waals surface area contributed by atoms with Crippen molar-refractivity contribution < 1.29 is 24.2 Å². The summed E-state index contributed by atoms with van der Waals surface area (Å²) in [5.41, 5.74) is 5.99. The van der Waals surface area contributed by atoms with E-state index in [-0.39, 0.29) is 13.0 Å². The average Bonchev–Trinajstić information content (AvgIpc) is 2.62. The summed E-state index contributed by atoms with van der Waals surface area (Å²) < 4.78 is 4.97. The standard InChI is InChI=1S/C17H22N4O5/c1-11(7-8-18)14(15(19)23)21-16(24)13(9-22)20-17(25)26-10-12-5-3-2-4-6-12/h2-6,11,13-14,22H,7,9-10H2,1H3,(H2,19,23)(H,20,25)(H,21,24)/t11-,13-,14+/m0/s1. The van der Waals surface area contributed by atoms with Gasteiger partial charge in [-0.3, -0.25) is 9.59 Å². The molecule has 0 aliphatic heterocycles. The second-order valence-electron chi connectivity index (χ2n) is 5.67. The van der Waals surface area contributed by atoms with Gasteiger partial charge in [-0.15, -0.1) is 0 Å². The van der Waals surface area contributed by atoms with Crippen molar-refractivity contribution in [3.63, 3.8) is 0 Å². The normalized spacial score (nSPS) is 13.6. The molecule has 3 atom stereocenters. The van der Waals surface area contributed by atoms with Crippen LogP contribution in [0.25, 0.3) is 0 Å². The molecule has 0 aromatic heterocycles. The second kappa shape index (κ2) is 10.7. The molecule has 0 saturated carbocycles. The third-order valence-electron chi connectivity index (χ3n) is 3.59. The van der Waals surface area contributed by atoms with Crippen LogP contribution in [0.5, 0.6) is 0 Å². The molecule has 26 heavy (non-hydrogen) atoms. The van der Waals surface area contributed by atoms with Crippen LogP contribution in [0.15, 0.2) is 30.3 Å². The monoisotopic (exact) mass is 362 g/mol. The summed E-state index contributed by atoms with van der Waals surface area (Å²) in [5, 5.41) is 22.6. The summed E-state index contributed by atoms with van der Waals surface area (Å²) in [6, 6.07) is 8.37. The third kappa shape index (κ3) is 6.78. The number of nitriles is 1. The van der Waals surface area contributed by atoms with Crippen molar-refractivity contribution in [2.24, 2.45) is 11.7 Å². The summed E-state index contributed by atoms with van der Waals surface area (Å²) in [7, 11) is 0. The summed E-state index contributed by atoms with van der Waals surface area (Å²) in [4.78, 5) is 35.4. The fraction of sp³-hybridized carbons (Fsp3) is 0.412. The van der Waals surface area contributed by atoms with E-state index in [1.807, 2.05) is 12.1 Å². The SMILES string of the molecule is C[C@@H](CC#N)[C@@H](NC(=O)[C@H](CO)NC(=O)OCc1ccccc1)C(N)=O. The number of carbonyl (C=O) groups is 3. The zero-order valence-corrected chi connectivity index (χ0v) is 14.3. The van der Waals surface area contributed by atoms with Gasteiger partial charge >= 0.3 is 6.09 Å². The lowest BCUT2D eigenvalue weighted by atomic mass is 9.98. The molecular formula is C17H22N4O5. The van der Waals surface area contributed by atoms with E-state index < -0.39 is 42.5 Å². The van der Waals surface area contributed by atoms with Gasteiger partial charge in [0, 0.05) is 6.42 Å². The van der Waals surface area contributed by atoms with Crippen molar-refractivity contribution in [2.75, 3.05) is 6.61 Å². The van der Waals surface area contributed by atoms with E-state index in [1.165, 1.54) is 0 Å². The molecule has 0 spiro atoms. The largest absolute Gasteiger partial charge is 0.445 e. The molecule has 0 radical (unpaired) electrons. The van der Waals surface area contributed by atoms with Crippen molar-refractivity contribution in [3.05, 3.63) is 35.9 Å². The van der Waals surface area contributed by atoms with Gasteiger partial charge in [0.2, 0.25) is 11.8 Å². The minimum atomic E-state index is -1.32. The van der Waals surface area contributed by atoms with Gasteiger partial charge < -0.3 is 26.2 Å². The molecule has 9 heteroatoms. The number of aliphatic hydroxyl groups is 1. The predicted octanol–water partition coefficient (Wildman–Crippen LogP) is -0.206. The number of amides is 3. The first-order valence-corrected chi connectivity index (χ1v) is 7.93. The number of hydrogen-bond acceptors (Lipinski definition) is 6. The number of nitrogens with two attached hydrogens (primary N) is 1. The molecule has 140 valence electrons. The van der Waals surface area contributed by atoms with Gasteiger partial charge in [0.15, 0.2) is 0 Å². The van der Waals surface area contributed by atoms with Gasteiger partial charge in [-0.05, 0) is 11.5 Å². The topological polar surface area (TPSA) is 155 Å². The number of nitrogens with one attached hydrogen (secondary N) is 2. The number of ether oxygens (including phenoxy) is 1. The number of rotatable bonds is 9. The predicted molar refractivity (Wildman–Crippen MR) is 91.2 cm³/mol. The Kier molecular flexibility index (Phi) is 8.60. The summed E-state index contributed by atoms with van der Waals surface area (Å²) in [5.74, 6) is -2.15. The Hall–Kier alpha value is -3.12. The highest BCUT2D eigenvalue weighted by Gasteiger charge is 2.29. The molecule has 0 saturated heterocycles. The lowest BCUT2D eigenvalue weighted by Crippen LogP contribution is -2.56. The zero-order valence-electron chi connectivity index (χ0n) is 14.3. The molecule has 0 heterocycles. The number of aliphatic hydroxyl groups excluding tert-OH is 1. The van der Waals surface area contributed by atoms with Crippen molar-refractivity contribution in [2.45, 2.75) is 32.0 Å². The molecule has 1 aromatic carbocycles. The Morgan fingerprint density at radius 3 is 2.46 bits per heavy atom. The summed E-state index contributed by atoms with van der Waals surface area (Å²) >= 11 is 0. The van der Waals surface area contributed by atoms with E-state index in [4.69, 9.17) is 15.7 Å². The van der Waals surface area contributed by atoms with Gasteiger partial charge in [0.05, 0.1) is 12.7 Å².